The highest BCUT2D eigenvalue weighted by Gasteiger charge is 2.20. The topological polar surface area (TPSA) is 67.9 Å². The summed E-state index contributed by atoms with van der Waals surface area (Å²) in [5.41, 5.74) is 0.594. The van der Waals surface area contributed by atoms with Crippen molar-refractivity contribution in [1.29, 1.82) is 0 Å². The molecule has 1 aromatic rings. The molecule has 1 N–H and O–H groups in total. The van der Waals surface area contributed by atoms with Crippen LogP contribution >= 0.6 is 0 Å². The Bertz CT molecular complexity index is 489. The Labute approximate surface area is 131 Å². The van der Waals surface area contributed by atoms with Gasteiger partial charge in [0.15, 0.2) is 6.61 Å². The molecule has 0 radical (unpaired) electrons. The van der Waals surface area contributed by atoms with Crippen molar-refractivity contribution >= 4 is 17.7 Å². The lowest BCUT2D eigenvalue weighted by molar-refractivity contribution is -0.136. The van der Waals surface area contributed by atoms with Crippen LogP contribution < -0.4 is 10.1 Å². The van der Waals surface area contributed by atoms with Crippen molar-refractivity contribution in [3.05, 3.63) is 24.3 Å². The fraction of sp³-hybridized carbons (Fsp3) is 0.500. The molecule has 0 aliphatic rings. The van der Waals surface area contributed by atoms with Crippen molar-refractivity contribution in [2.75, 3.05) is 19.0 Å². The fourth-order valence-corrected chi connectivity index (χ4v) is 2.20. The third-order valence-electron chi connectivity index (χ3n) is 3.05. The molecule has 0 aliphatic carbocycles. The molecular weight excluding hydrogens is 284 g/mol. The molecule has 0 unspecified atom stereocenters. The van der Waals surface area contributed by atoms with E-state index in [9.17, 15) is 9.59 Å². The van der Waals surface area contributed by atoms with E-state index in [1.807, 2.05) is 27.7 Å². The SMILES string of the molecule is COC(=O)Nc1ccc(OCC(=O)N(C(C)C)C(C)C)cc1. The number of rotatable bonds is 6. The molecule has 0 fully saturated rings. The maximum absolute atomic E-state index is 12.2. The Kier molecular flexibility index (Phi) is 6.69. The Hall–Kier alpha value is -2.24. The molecule has 22 heavy (non-hydrogen) atoms. The molecule has 0 aromatic heterocycles. The lowest BCUT2D eigenvalue weighted by atomic mass is 10.2. The average Bonchev–Trinajstić information content (AvgIpc) is 2.45. The van der Waals surface area contributed by atoms with E-state index in [1.54, 1.807) is 29.2 Å². The van der Waals surface area contributed by atoms with Gasteiger partial charge in [-0.15, -0.1) is 0 Å². The minimum atomic E-state index is -0.534. The van der Waals surface area contributed by atoms with Crippen LogP contribution in [0.1, 0.15) is 27.7 Å². The Morgan fingerprint density at radius 3 is 2.09 bits per heavy atom. The smallest absolute Gasteiger partial charge is 0.411 e. The lowest BCUT2D eigenvalue weighted by Crippen LogP contribution is -2.44. The number of anilines is 1. The minimum Gasteiger partial charge on any atom is -0.484 e. The van der Waals surface area contributed by atoms with Gasteiger partial charge >= 0.3 is 6.09 Å². The number of carbonyl (C=O) groups is 2. The molecule has 0 atom stereocenters. The number of carbonyl (C=O) groups excluding carboxylic acids is 2. The van der Waals surface area contributed by atoms with Crippen molar-refractivity contribution in [3.63, 3.8) is 0 Å². The summed E-state index contributed by atoms with van der Waals surface area (Å²) in [6.07, 6.45) is -0.534. The van der Waals surface area contributed by atoms with Crippen molar-refractivity contribution in [3.8, 4) is 5.75 Å². The summed E-state index contributed by atoms with van der Waals surface area (Å²) in [7, 11) is 1.30. The van der Waals surface area contributed by atoms with E-state index < -0.39 is 6.09 Å². The summed E-state index contributed by atoms with van der Waals surface area (Å²) in [4.78, 5) is 25.0. The first-order valence-corrected chi connectivity index (χ1v) is 7.24. The van der Waals surface area contributed by atoms with E-state index >= 15 is 0 Å². The molecule has 0 saturated carbocycles. The van der Waals surface area contributed by atoms with Crippen LogP contribution in [0.4, 0.5) is 10.5 Å². The monoisotopic (exact) mass is 308 g/mol. The first-order chi connectivity index (χ1) is 10.3. The molecule has 0 aliphatic heterocycles. The summed E-state index contributed by atoms with van der Waals surface area (Å²) in [6, 6.07) is 6.99. The largest absolute Gasteiger partial charge is 0.484 e. The number of hydrogen-bond donors (Lipinski definition) is 1. The molecule has 6 heteroatoms. The highest BCUT2D eigenvalue weighted by Crippen LogP contribution is 2.16. The van der Waals surface area contributed by atoms with E-state index in [0.717, 1.165) is 0 Å². The third kappa shape index (κ3) is 5.27. The molecule has 2 amide bonds. The fourth-order valence-electron chi connectivity index (χ4n) is 2.20. The summed E-state index contributed by atoms with van der Waals surface area (Å²) in [6.45, 7) is 7.90. The Morgan fingerprint density at radius 1 is 1.09 bits per heavy atom. The number of methoxy groups -OCH3 is 1. The number of ether oxygens (including phenoxy) is 2. The van der Waals surface area contributed by atoms with Gasteiger partial charge in [-0.05, 0) is 52.0 Å². The molecule has 1 rings (SSSR count). The van der Waals surface area contributed by atoms with Crippen molar-refractivity contribution in [2.24, 2.45) is 0 Å². The first kappa shape index (κ1) is 17.8. The van der Waals surface area contributed by atoms with Gasteiger partial charge in [-0.2, -0.15) is 0 Å². The first-order valence-electron chi connectivity index (χ1n) is 7.24. The summed E-state index contributed by atoms with van der Waals surface area (Å²) in [5.74, 6) is 0.512. The standard InChI is InChI=1S/C16H24N2O4/c1-11(2)18(12(3)4)15(19)10-22-14-8-6-13(7-9-14)17-16(20)21-5/h6-9,11-12H,10H2,1-5H3,(H,17,20). The van der Waals surface area contributed by atoms with Crippen LogP contribution in [0.25, 0.3) is 0 Å². The second kappa shape index (κ2) is 8.26. The highest BCUT2D eigenvalue weighted by atomic mass is 16.5. The van der Waals surface area contributed by atoms with E-state index in [4.69, 9.17) is 4.74 Å². The van der Waals surface area contributed by atoms with Crippen molar-refractivity contribution < 1.29 is 19.1 Å². The second-order valence-electron chi connectivity index (χ2n) is 5.42. The molecule has 0 heterocycles. The van der Waals surface area contributed by atoms with Crippen molar-refractivity contribution in [1.82, 2.24) is 4.90 Å². The molecular formula is C16H24N2O4. The molecule has 0 saturated heterocycles. The maximum Gasteiger partial charge on any atom is 0.411 e. The van der Waals surface area contributed by atoms with Gasteiger partial charge in [0.2, 0.25) is 0 Å². The van der Waals surface area contributed by atoms with Gasteiger partial charge in [0.1, 0.15) is 5.75 Å². The number of nitrogens with zero attached hydrogens (tertiary/aromatic N) is 1. The van der Waals surface area contributed by atoms with Crippen LogP contribution in [0.3, 0.4) is 0 Å². The minimum absolute atomic E-state index is 0.0138. The number of amides is 2. The van der Waals surface area contributed by atoms with Gasteiger partial charge in [-0.3, -0.25) is 10.1 Å². The summed E-state index contributed by atoms with van der Waals surface area (Å²) < 4.78 is 10.0. The van der Waals surface area contributed by atoms with Crippen LogP contribution in [-0.2, 0) is 9.53 Å². The predicted molar refractivity (Wildman–Crippen MR) is 85.1 cm³/mol. The molecule has 0 spiro atoms. The number of hydrogen-bond acceptors (Lipinski definition) is 4. The third-order valence-corrected chi connectivity index (χ3v) is 3.05. The van der Waals surface area contributed by atoms with Crippen LogP contribution in [0.2, 0.25) is 0 Å². The highest BCUT2D eigenvalue weighted by molar-refractivity contribution is 5.84. The van der Waals surface area contributed by atoms with Crippen LogP contribution in [0, 0.1) is 0 Å². The van der Waals surface area contributed by atoms with Crippen molar-refractivity contribution in [2.45, 2.75) is 39.8 Å². The average molecular weight is 308 g/mol. The normalized spacial score (nSPS) is 10.5. The van der Waals surface area contributed by atoms with E-state index in [2.05, 4.69) is 10.1 Å². The van der Waals surface area contributed by atoms with Gasteiger partial charge in [0.25, 0.3) is 5.91 Å². The molecule has 122 valence electrons. The summed E-state index contributed by atoms with van der Waals surface area (Å²) in [5, 5.41) is 2.54. The van der Waals surface area contributed by atoms with Crippen LogP contribution in [0.5, 0.6) is 5.75 Å². The quantitative estimate of drug-likeness (QED) is 0.877. The Morgan fingerprint density at radius 2 is 1.64 bits per heavy atom. The zero-order valence-corrected chi connectivity index (χ0v) is 13.8. The molecule has 6 nitrogen and oxygen atoms in total. The Balaban J connectivity index is 2.57. The molecule has 0 bridgehead atoms. The number of benzene rings is 1. The predicted octanol–water partition coefficient (Wildman–Crippen LogP) is 2.89. The second-order valence-corrected chi connectivity index (χ2v) is 5.42. The molecule has 1 aromatic carbocycles. The van der Waals surface area contributed by atoms with Gasteiger partial charge in [0.05, 0.1) is 7.11 Å². The summed E-state index contributed by atoms with van der Waals surface area (Å²) >= 11 is 0. The lowest BCUT2D eigenvalue weighted by Gasteiger charge is -2.30. The van der Waals surface area contributed by atoms with Crippen LogP contribution in [0.15, 0.2) is 24.3 Å². The van der Waals surface area contributed by atoms with Gasteiger partial charge in [-0.1, -0.05) is 0 Å². The zero-order valence-electron chi connectivity index (χ0n) is 13.8. The van der Waals surface area contributed by atoms with E-state index in [1.165, 1.54) is 7.11 Å². The van der Waals surface area contributed by atoms with E-state index in [0.29, 0.717) is 11.4 Å². The van der Waals surface area contributed by atoms with Gasteiger partial charge in [-0.25, -0.2) is 4.79 Å². The van der Waals surface area contributed by atoms with Gasteiger partial charge < -0.3 is 14.4 Å². The van der Waals surface area contributed by atoms with E-state index in [-0.39, 0.29) is 24.6 Å². The maximum atomic E-state index is 12.2. The zero-order chi connectivity index (χ0) is 16.7. The van der Waals surface area contributed by atoms with Gasteiger partial charge in [0, 0.05) is 17.8 Å². The van der Waals surface area contributed by atoms with Crippen LogP contribution in [-0.4, -0.2) is 42.7 Å². The number of nitrogens with one attached hydrogen (secondary N) is 1.